The summed E-state index contributed by atoms with van der Waals surface area (Å²) in [4.78, 5) is 30.7. The smallest absolute Gasteiger partial charge is 0.433 e. The summed E-state index contributed by atoms with van der Waals surface area (Å²) < 4.78 is 84.3. The molecule has 38 heavy (non-hydrogen) atoms. The Kier molecular flexibility index (Phi) is 6.23. The molecule has 5 rings (SSSR count). The number of rotatable bonds is 5. The molecule has 0 aliphatic carbocycles. The third-order valence-electron chi connectivity index (χ3n) is 6.03. The van der Waals surface area contributed by atoms with Crippen molar-refractivity contribution in [3.63, 3.8) is 0 Å². The second kappa shape index (κ2) is 9.29. The Morgan fingerprint density at radius 3 is 2.47 bits per heavy atom. The van der Waals surface area contributed by atoms with E-state index in [1.54, 1.807) is 6.07 Å². The molecule has 3 aromatic heterocycles. The van der Waals surface area contributed by atoms with E-state index < -0.39 is 30.0 Å². The number of nitrogens with one attached hydrogen (secondary N) is 1. The Morgan fingerprint density at radius 2 is 1.84 bits per heavy atom. The number of carbonyl (C=O) groups is 1. The molecular formula is C23H19F6N7O2. The number of likely N-dealkylation sites (N-methyl/N-ethyl adjacent to an activating group) is 1. The van der Waals surface area contributed by atoms with Gasteiger partial charge >= 0.3 is 12.4 Å². The van der Waals surface area contributed by atoms with Crippen molar-refractivity contribution in [3.8, 4) is 11.6 Å². The van der Waals surface area contributed by atoms with Gasteiger partial charge in [0.1, 0.15) is 17.1 Å². The Morgan fingerprint density at radius 1 is 1.05 bits per heavy atom. The summed E-state index contributed by atoms with van der Waals surface area (Å²) in [6.45, 7) is 0.334. The highest BCUT2D eigenvalue weighted by Gasteiger charge is 2.54. The molecule has 0 radical (unpaired) electrons. The summed E-state index contributed by atoms with van der Waals surface area (Å²) in [6, 6.07) is 2.73. The van der Waals surface area contributed by atoms with Crippen LogP contribution in [-0.4, -0.2) is 51.7 Å². The van der Waals surface area contributed by atoms with Crippen LogP contribution in [0.25, 0.3) is 0 Å². The minimum absolute atomic E-state index is 0.0196. The van der Waals surface area contributed by atoms with Crippen molar-refractivity contribution in [1.29, 1.82) is 0 Å². The number of amides is 1. The van der Waals surface area contributed by atoms with Crippen LogP contribution in [0.15, 0.2) is 36.7 Å². The number of carbonyl (C=O) groups excluding carboxylic acids is 1. The molecule has 9 nitrogen and oxygen atoms in total. The number of hydrogen-bond donors (Lipinski definition) is 1. The van der Waals surface area contributed by atoms with Gasteiger partial charge in [-0.2, -0.15) is 31.3 Å². The molecule has 1 N–H and O–H groups in total. The van der Waals surface area contributed by atoms with Gasteiger partial charge in [0.2, 0.25) is 17.9 Å². The number of anilines is 3. The number of halogens is 6. The van der Waals surface area contributed by atoms with Gasteiger partial charge in [0, 0.05) is 32.4 Å². The van der Waals surface area contributed by atoms with Crippen LogP contribution in [-0.2, 0) is 23.9 Å². The minimum Gasteiger partial charge on any atom is -0.437 e. The van der Waals surface area contributed by atoms with E-state index >= 15 is 0 Å². The van der Waals surface area contributed by atoms with Crippen LogP contribution in [0.5, 0.6) is 11.6 Å². The molecule has 5 heterocycles. The number of pyridine rings is 2. The van der Waals surface area contributed by atoms with Gasteiger partial charge in [-0.25, -0.2) is 15.0 Å². The van der Waals surface area contributed by atoms with Gasteiger partial charge in [0.05, 0.1) is 11.9 Å². The standard InChI is InChI=1S/C23H19F6N7O2/c1-35-18(23(27,28)29)20(37)36-8-2-3-14-17(36)19(35)34-21(33-14)32-10-12-4-7-16(31-9-12)38-13-5-6-15(30-11-13)22(24,25)26/h4-7,9,11,18H,2-3,8,10H2,1H3,(H,32,33,34). The molecule has 2 aliphatic heterocycles. The fourth-order valence-electron chi connectivity index (χ4n) is 4.28. The predicted octanol–water partition coefficient (Wildman–Crippen LogP) is 4.35. The molecule has 0 spiro atoms. The summed E-state index contributed by atoms with van der Waals surface area (Å²) in [6.07, 6.45) is -5.98. The van der Waals surface area contributed by atoms with Gasteiger partial charge < -0.3 is 19.9 Å². The monoisotopic (exact) mass is 539 g/mol. The van der Waals surface area contributed by atoms with E-state index in [1.807, 2.05) is 0 Å². The maximum absolute atomic E-state index is 13.7. The highest BCUT2D eigenvalue weighted by Crippen LogP contribution is 2.43. The van der Waals surface area contributed by atoms with E-state index in [-0.39, 0.29) is 36.5 Å². The maximum atomic E-state index is 13.7. The minimum atomic E-state index is -4.77. The quantitative estimate of drug-likeness (QED) is 0.479. The molecule has 0 saturated heterocycles. The van der Waals surface area contributed by atoms with Crippen molar-refractivity contribution < 1.29 is 35.9 Å². The molecule has 0 bridgehead atoms. The lowest BCUT2D eigenvalue weighted by atomic mass is 10.0. The Hall–Kier alpha value is -4.17. The van der Waals surface area contributed by atoms with Crippen LogP contribution < -0.4 is 19.9 Å². The molecule has 15 heteroatoms. The predicted molar refractivity (Wildman–Crippen MR) is 122 cm³/mol. The Labute approximate surface area is 211 Å². The number of ether oxygens (including phenoxy) is 1. The van der Waals surface area contributed by atoms with Crippen LogP contribution in [0.4, 0.5) is 43.8 Å². The molecule has 1 atom stereocenters. The van der Waals surface area contributed by atoms with Crippen molar-refractivity contribution >= 4 is 23.4 Å². The summed E-state index contributed by atoms with van der Waals surface area (Å²) in [5.74, 6) is -0.737. The van der Waals surface area contributed by atoms with Gasteiger partial charge in [-0.1, -0.05) is 6.07 Å². The summed E-state index contributed by atoms with van der Waals surface area (Å²) in [5, 5.41) is 2.97. The lowest BCUT2D eigenvalue weighted by molar-refractivity contribution is -0.162. The number of hydrogen-bond acceptors (Lipinski definition) is 8. The zero-order chi connectivity index (χ0) is 27.2. The molecule has 3 aromatic rings. The average Bonchev–Trinajstić information content (AvgIpc) is 2.85. The van der Waals surface area contributed by atoms with Crippen molar-refractivity contribution in [1.82, 2.24) is 19.9 Å². The largest absolute Gasteiger partial charge is 0.437 e. The van der Waals surface area contributed by atoms with Gasteiger partial charge in [-0.15, -0.1) is 0 Å². The van der Waals surface area contributed by atoms with Gasteiger partial charge in [0.25, 0.3) is 5.91 Å². The average molecular weight is 539 g/mol. The molecule has 2 aliphatic rings. The maximum Gasteiger partial charge on any atom is 0.433 e. The van der Waals surface area contributed by atoms with E-state index in [0.29, 0.717) is 29.8 Å². The molecule has 1 amide bonds. The van der Waals surface area contributed by atoms with Crippen molar-refractivity contribution in [2.75, 3.05) is 28.7 Å². The van der Waals surface area contributed by atoms with E-state index in [9.17, 15) is 31.1 Å². The van der Waals surface area contributed by atoms with Gasteiger partial charge in [-0.05, 0) is 30.5 Å². The Bertz CT molecular complexity index is 1350. The third kappa shape index (κ3) is 4.87. The van der Waals surface area contributed by atoms with Crippen LogP contribution >= 0.6 is 0 Å². The second-order valence-corrected chi connectivity index (χ2v) is 8.65. The molecule has 200 valence electrons. The van der Waals surface area contributed by atoms with Gasteiger partial charge in [-0.3, -0.25) is 4.79 Å². The van der Waals surface area contributed by atoms with Crippen LogP contribution in [0.1, 0.15) is 23.4 Å². The molecule has 0 aromatic carbocycles. The second-order valence-electron chi connectivity index (χ2n) is 8.65. The SMILES string of the molecule is CN1c2nc(NCc3ccc(Oc4ccc(C(F)(F)F)nc4)nc3)nc3c2N(CCC3)C(=O)C1C(F)(F)F. The highest BCUT2D eigenvalue weighted by molar-refractivity contribution is 6.06. The third-order valence-corrected chi connectivity index (χ3v) is 6.03. The lowest BCUT2D eigenvalue weighted by Gasteiger charge is -2.43. The molecule has 1 unspecified atom stereocenters. The van der Waals surface area contributed by atoms with Gasteiger partial charge in [0.15, 0.2) is 5.82 Å². The number of aryl methyl sites for hydroxylation is 1. The van der Waals surface area contributed by atoms with E-state index in [0.717, 1.165) is 28.1 Å². The first-order valence-corrected chi connectivity index (χ1v) is 11.3. The van der Waals surface area contributed by atoms with Crippen LogP contribution in [0.2, 0.25) is 0 Å². The number of alkyl halides is 6. The first-order valence-electron chi connectivity index (χ1n) is 11.3. The molecule has 0 fully saturated rings. The fraction of sp³-hybridized carbons (Fsp3) is 0.348. The number of nitrogens with zero attached hydrogens (tertiary/aromatic N) is 6. The van der Waals surface area contributed by atoms with E-state index in [1.165, 1.54) is 19.3 Å². The normalized spacial score (nSPS) is 17.3. The van der Waals surface area contributed by atoms with E-state index in [4.69, 9.17) is 4.74 Å². The number of aromatic nitrogens is 4. The lowest BCUT2D eigenvalue weighted by Crippen LogP contribution is -2.60. The summed E-state index contributed by atoms with van der Waals surface area (Å²) >= 11 is 0. The summed E-state index contributed by atoms with van der Waals surface area (Å²) in [5.41, 5.74) is 0.390. The highest BCUT2D eigenvalue weighted by atomic mass is 19.4. The van der Waals surface area contributed by atoms with Crippen LogP contribution in [0, 0.1) is 0 Å². The van der Waals surface area contributed by atoms with Crippen molar-refractivity contribution in [3.05, 3.63) is 53.6 Å². The van der Waals surface area contributed by atoms with E-state index in [2.05, 4.69) is 25.3 Å². The fourth-order valence-corrected chi connectivity index (χ4v) is 4.28. The summed E-state index contributed by atoms with van der Waals surface area (Å²) in [7, 11) is 1.18. The van der Waals surface area contributed by atoms with Crippen molar-refractivity contribution in [2.45, 2.75) is 37.8 Å². The van der Waals surface area contributed by atoms with Crippen molar-refractivity contribution in [2.24, 2.45) is 0 Å². The Balaban J connectivity index is 1.29. The molecular weight excluding hydrogens is 520 g/mol. The van der Waals surface area contributed by atoms with Crippen LogP contribution in [0.3, 0.4) is 0 Å². The first kappa shape index (κ1) is 25.5. The topological polar surface area (TPSA) is 96.4 Å². The first-order chi connectivity index (χ1) is 17.9. The zero-order valence-corrected chi connectivity index (χ0v) is 19.6. The zero-order valence-electron chi connectivity index (χ0n) is 19.6. The molecule has 0 saturated carbocycles.